The fourth-order valence-electron chi connectivity index (χ4n) is 2.50. The Hall–Kier alpha value is -2.74. The lowest BCUT2D eigenvalue weighted by atomic mass is 10.1. The minimum absolute atomic E-state index is 0.220. The molecule has 0 saturated heterocycles. The minimum Gasteiger partial charge on any atom is -0.497 e. The van der Waals surface area contributed by atoms with E-state index in [1.54, 1.807) is 50.6 Å². The van der Waals surface area contributed by atoms with Gasteiger partial charge in [0, 0.05) is 5.56 Å². The number of carbonyl (C=O) groups excluding carboxylic acids is 1. The van der Waals surface area contributed by atoms with Gasteiger partial charge in [0.05, 0.1) is 37.8 Å². The van der Waals surface area contributed by atoms with Gasteiger partial charge in [0.25, 0.3) is 5.91 Å². The van der Waals surface area contributed by atoms with E-state index in [4.69, 9.17) is 9.47 Å². The molecule has 2 N–H and O–H groups in total. The third kappa shape index (κ3) is 4.89. The van der Waals surface area contributed by atoms with Gasteiger partial charge < -0.3 is 14.8 Å². The number of methoxy groups -OCH3 is 2. The Kier molecular flexibility index (Phi) is 6.10. The molecule has 0 aliphatic rings. The SMILES string of the molecule is COc1ccc(OC)c([C@@H](C)NC(=O)c2ccccc2NS(C)(=O)=O)c1. The van der Waals surface area contributed by atoms with E-state index in [1.165, 1.54) is 6.07 Å². The van der Waals surface area contributed by atoms with Crippen molar-refractivity contribution in [3.8, 4) is 11.5 Å². The molecule has 0 unspecified atom stereocenters. The Morgan fingerprint density at radius 2 is 1.77 bits per heavy atom. The number of anilines is 1. The Labute approximate surface area is 153 Å². The minimum atomic E-state index is -3.50. The average molecular weight is 378 g/mol. The Morgan fingerprint density at radius 1 is 1.08 bits per heavy atom. The molecule has 2 aromatic carbocycles. The van der Waals surface area contributed by atoms with Crippen molar-refractivity contribution in [3.05, 3.63) is 53.6 Å². The highest BCUT2D eigenvalue weighted by molar-refractivity contribution is 7.92. The predicted molar refractivity (Wildman–Crippen MR) is 100 cm³/mol. The van der Waals surface area contributed by atoms with Crippen LogP contribution in [0, 0.1) is 0 Å². The lowest BCUT2D eigenvalue weighted by Gasteiger charge is -2.19. The van der Waals surface area contributed by atoms with Gasteiger partial charge in [0.15, 0.2) is 0 Å². The first kappa shape index (κ1) is 19.6. The first-order chi connectivity index (χ1) is 12.2. The van der Waals surface area contributed by atoms with Crippen molar-refractivity contribution < 1.29 is 22.7 Å². The quantitative estimate of drug-likeness (QED) is 0.772. The average Bonchev–Trinajstić information content (AvgIpc) is 2.60. The van der Waals surface area contributed by atoms with Crippen LogP contribution in [0.3, 0.4) is 0 Å². The fraction of sp³-hybridized carbons (Fsp3) is 0.278. The highest BCUT2D eigenvalue weighted by Gasteiger charge is 2.19. The maximum Gasteiger partial charge on any atom is 0.253 e. The molecule has 1 atom stereocenters. The van der Waals surface area contributed by atoms with Gasteiger partial charge in [-0.15, -0.1) is 0 Å². The summed E-state index contributed by atoms with van der Waals surface area (Å²) < 4.78 is 35.9. The number of para-hydroxylation sites is 1. The molecule has 0 fully saturated rings. The number of hydrogen-bond donors (Lipinski definition) is 2. The van der Waals surface area contributed by atoms with Crippen LogP contribution in [0.2, 0.25) is 0 Å². The van der Waals surface area contributed by atoms with E-state index in [2.05, 4.69) is 10.0 Å². The predicted octanol–water partition coefficient (Wildman–Crippen LogP) is 2.57. The number of benzene rings is 2. The zero-order chi connectivity index (χ0) is 19.3. The number of carbonyl (C=O) groups is 1. The number of sulfonamides is 1. The van der Waals surface area contributed by atoms with E-state index in [1.807, 2.05) is 6.92 Å². The van der Waals surface area contributed by atoms with Gasteiger partial charge in [-0.2, -0.15) is 0 Å². The number of nitrogens with one attached hydrogen (secondary N) is 2. The van der Waals surface area contributed by atoms with E-state index in [0.29, 0.717) is 11.5 Å². The Bertz CT molecular complexity index is 896. The van der Waals surface area contributed by atoms with Gasteiger partial charge >= 0.3 is 0 Å². The van der Waals surface area contributed by atoms with Crippen molar-refractivity contribution in [1.29, 1.82) is 0 Å². The van der Waals surface area contributed by atoms with E-state index in [0.717, 1.165) is 11.8 Å². The second-order valence-electron chi connectivity index (χ2n) is 5.72. The third-order valence-electron chi connectivity index (χ3n) is 3.72. The highest BCUT2D eigenvalue weighted by Crippen LogP contribution is 2.29. The number of ether oxygens (including phenoxy) is 2. The summed E-state index contributed by atoms with van der Waals surface area (Å²) >= 11 is 0. The maximum absolute atomic E-state index is 12.7. The van der Waals surface area contributed by atoms with Gasteiger partial charge in [0.1, 0.15) is 11.5 Å². The molecule has 0 heterocycles. The molecule has 2 aromatic rings. The summed E-state index contributed by atoms with van der Waals surface area (Å²) in [7, 11) is -0.396. The molecule has 140 valence electrons. The molecule has 0 spiro atoms. The van der Waals surface area contributed by atoms with Crippen molar-refractivity contribution in [3.63, 3.8) is 0 Å². The second kappa shape index (κ2) is 8.09. The Morgan fingerprint density at radius 3 is 2.38 bits per heavy atom. The molecule has 0 aromatic heterocycles. The van der Waals surface area contributed by atoms with Crippen LogP contribution in [0.15, 0.2) is 42.5 Å². The second-order valence-corrected chi connectivity index (χ2v) is 7.47. The summed E-state index contributed by atoms with van der Waals surface area (Å²) in [5.41, 5.74) is 1.19. The van der Waals surface area contributed by atoms with Crippen LogP contribution in [-0.4, -0.2) is 34.8 Å². The molecule has 0 bridgehead atoms. The molecule has 0 aliphatic heterocycles. The van der Waals surface area contributed by atoms with Crippen LogP contribution in [0.1, 0.15) is 28.9 Å². The molecular formula is C18H22N2O5S. The summed E-state index contributed by atoms with van der Waals surface area (Å²) in [6.45, 7) is 1.81. The summed E-state index contributed by atoms with van der Waals surface area (Å²) in [6.07, 6.45) is 1.03. The molecule has 26 heavy (non-hydrogen) atoms. The van der Waals surface area contributed by atoms with Crippen LogP contribution < -0.4 is 19.5 Å². The summed E-state index contributed by atoms with van der Waals surface area (Å²) in [5, 5.41) is 2.86. The summed E-state index contributed by atoms with van der Waals surface area (Å²) in [5.74, 6) is 0.844. The molecule has 0 radical (unpaired) electrons. The topological polar surface area (TPSA) is 93.7 Å². The molecule has 0 saturated carbocycles. The highest BCUT2D eigenvalue weighted by atomic mass is 32.2. The normalized spacial score (nSPS) is 12.2. The Balaban J connectivity index is 2.28. The molecular weight excluding hydrogens is 356 g/mol. The monoisotopic (exact) mass is 378 g/mol. The number of amides is 1. The summed E-state index contributed by atoms with van der Waals surface area (Å²) in [6, 6.07) is 11.3. The van der Waals surface area contributed by atoms with E-state index in [-0.39, 0.29) is 17.3 Å². The number of rotatable bonds is 7. The molecule has 2 rings (SSSR count). The largest absolute Gasteiger partial charge is 0.497 e. The lowest BCUT2D eigenvalue weighted by molar-refractivity contribution is 0.0940. The lowest BCUT2D eigenvalue weighted by Crippen LogP contribution is -2.28. The maximum atomic E-state index is 12.7. The molecule has 8 heteroatoms. The summed E-state index contributed by atoms with van der Waals surface area (Å²) in [4.78, 5) is 12.7. The zero-order valence-electron chi connectivity index (χ0n) is 15.1. The van der Waals surface area contributed by atoms with Crippen molar-refractivity contribution in [1.82, 2.24) is 5.32 Å². The molecule has 1 amide bonds. The van der Waals surface area contributed by atoms with Crippen molar-refractivity contribution in [2.24, 2.45) is 0 Å². The smallest absolute Gasteiger partial charge is 0.253 e. The molecule has 0 aliphatic carbocycles. The van der Waals surface area contributed by atoms with Gasteiger partial charge in [0.2, 0.25) is 10.0 Å². The van der Waals surface area contributed by atoms with Crippen LogP contribution in [0.5, 0.6) is 11.5 Å². The number of hydrogen-bond acceptors (Lipinski definition) is 5. The van der Waals surface area contributed by atoms with Gasteiger partial charge in [-0.05, 0) is 37.3 Å². The molecule has 7 nitrogen and oxygen atoms in total. The van der Waals surface area contributed by atoms with Crippen molar-refractivity contribution in [2.75, 3.05) is 25.2 Å². The van der Waals surface area contributed by atoms with Gasteiger partial charge in [-0.1, -0.05) is 12.1 Å². The zero-order valence-corrected chi connectivity index (χ0v) is 15.9. The standard InChI is InChI=1S/C18H22N2O5S/c1-12(15-11-13(24-2)9-10-17(15)25-3)19-18(21)14-7-5-6-8-16(14)20-26(4,22)23/h5-12,20H,1-4H3,(H,19,21)/t12-/m1/s1. The van der Waals surface area contributed by atoms with Crippen LogP contribution in [-0.2, 0) is 10.0 Å². The van der Waals surface area contributed by atoms with E-state index >= 15 is 0 Å². The fourth-order valence-corrected chi connectivity index (χ4v) is 3.08. The van der Waals surface area contributed by atoms with Crippen LogP contribution >= 0.6 is 0 Å². The van der Waals surface area contributed by atoms with Crippen LogP contribution in [0.4, 0.5) is 5.69 Å². The van der Waals surface area contributed by atoms with Crippen LogP contribution in [0.25, 0.3) is 0 Å². The third-order valence-corrected chi connectivity index (χ3v) is 4.31. The van der Waals surface area contributed by atoms with Crippen molar-refractivity contribution >= 4 is 21.6 Å². The van der Waals surface area contributed by atoms with Gasteiger partial charge in [-0.25, -0.2) is 8.42 Å². The first-order valence-electron chi connectivity index (χ1n) is 7.84. The first-order valence-corrected chi connectivity index (χ1v) is 9.74. The van der Waals surface area contributed by atoms with Gasteiger partial charge in [-0.3, -0.25) is 9.52 Å². The van der Waals surface area contributed by atoms with E-state index < -0.39 is 15.9 Å². The van der Waals surface area contributed by atoms with Crippen molar-refractivity contribution in [2.45, 2.75) is 13.0 Å². The van der Waals surface area contributed by atoms with E-state index in [9.17, 15) is 13.2 Å².